The summed E-state index contributed by atoms with van der Waals surface area (Å²) in [6, 6.07) is 12.8. The molecule has 0 aliphatic carbocycles. The molecule has 5 heteroatoms. The van der Waals surface area contributed by atoms with Crippen LogP contribution in [0.15, 0.2) is 48.7 Å². The van der Waals surface area contributed by atoms with Gasteiger partial charge < -0.3 is 0 Å². The third kappa shape index (κ3) is 2.08. The molecular formula is C13H9N3OS. The van der Waals surface area contributed by atoms with E-state index in [9.17, 15) is 4.79 Å². The summed E-state index contributed by atoms with van der Waals surface area (Å²) in [6.45, 7) is 0. The Balaban J connectivity index is 1.86. The molecule has 1 N–H and O–H groups in total. The Hall–Kier alpha value is -2.27. The van der Waals surface area contributed by atoms with Gasteiger partial charge in [-0.15, -0.1) is 0 Å². The van der Waals surface area contributed by atoms with Gasteiger partial charge in [-0.25, -0.2) is 4.98 Å². The molecule has 0 saturated carbocycles. The fraction of sp³-hybridized carbons (Fsp3) is 0. The summed E-state index contributed by atoms with van der Waals surface area (Å²) in [7, 11) is 0. The molecule has 2 aromatic heterocycles. The van der Waals surface area contributed by atoms with Crippen molar-refractivity contribution >= 4 is 32.7 Å². The number of amides is 1. The fourth-order valence-electron chi connectivity index (χ4n) is 1.58. The average molecular weight is 255 g/mol. The lowest BCUT2D eigenvalue weighted by Crippen LogP contribution is -2.11. The zero-order valence-electron chi connectivity index (χ0n) is 9.33. The minimum Gasteiger partial charge on any atom is -0.298 e. The number of rotatable bonds is 2. The fourth-order valence-corrected chi connectivity index (χ4v) is 2.40. The SMILES string of the molecule is O=C(Nc1nc2ncccc2s1)c1ccccc1. The van der Waals surface area contributed by atoms with Gasteiger partial charge in [0.1, 0.15) is 0 Å². The zero-order chi connectivity index (χ0) is 12.4. The number of pyridine rings is 1. The first kappa shape index (κ1) is 10.9. The zero-order valence-corrected chi connectivity index (χ0v) is 10.1. The van der Waals surface area contributed by atoms with Crippen molar-refractivity contribution in [2.75, 3.05) is 5.32 Å². The number of hydrogen-bond acceptors (Lipinski definition) is 4. The average Bonchev–Trinajstić information content (AvgIpc) is 2.82. The van der Waals surface area contributed by atoms with E-state index >= 15 is 0 Å². The van der Waals surface area contributed by atoms with Gasteiger partial charge in [-0.2, -0.15) is 4.98 Å². The van der Waals surface area contributed by atoms with E-state index in [1.165, 1.54) is 11.3 Å². The first-order chi connectivity index (χ1) is 8.83. The van der Waals surface area contributed by atoms with Crippen LogP contribution < -0.4 is 5.32 Å². The summed E-state index contributed by atoms with van der Waals surface area (Å²) in [5.74, 6) is -0.158. The molecule has 3 aromatic rings. The number of fused-ring (bicyclic) bond motifs is 1. The van der Waals surface area contributed by atoms with Crippen LogP contribution in [0.1, 0.15) is 10.4 Å². The van der Waals surface area contributed by atoms with Crippen molar-refractivity contribution in [2.24, 2.45) is 0 Å². The lowest BCUT2D eigenvalue weighted by atomic mass is 10.2. The van der Waals surface area contributed by atoms with Crippen molar-refractivity contribution in [3.05, 3.63) is 54.2 Å². The van der Waals surface area contributed by atoms with Gasteiger partial charge in [0.15, 0.2) is 10.8 Å². The molecule has 0 saturated heterocycles. The van der Waals surface area contributed by atoms with Crippen molar-refractivity contribution in [1.29, 1.82) is 0 Å². The number of nitrogens with one attached hydrogen (secondary N) is 1. The van der Waals surface area contributed by atoms with E-state index in [0.29, 0.717) is 16.3 Å². The van der Waals surface area contributed by atoms with Crippen molar-refractivity contribution < 1.29 is 4.79 Å². The second kappa shape index (κ2) is 4.54. The molecule has 1 aromatic carbocycles. The maximum atomic E-state index is 11.9. The normalized spacial score (nSPS) is 10.4. The van der Waals surface area contributed by atoms with Crippen LogP contribution >= 0.6 is 11.3 Å². The highest BCUT2D eigenvalue weighted by Crippen LogP contribution is 2.24. The summed E-state index contributed by atoms with van der Waals surface area (Å²) in [4.78, 5) is 20.3. The van der Waals surface area contributed by atoms with E-state index in [0.717, 1.165) is 4.70 Å². The lowest BCUT2D eigenvalue weighted by Gasteiger charge is -1.99. The lowest BCUT2D eigenvalue weighted by molar-refractivity contribution is 0.102. The van der Waals surface area contributed by atoms with Crippen molar-refractivity contribution in [2.45, 2.75) is 0 Å². The molecule has 0 aliphatic rings. The Morgan fingerprint density at radius 1 is 1.11 bits per heavy atom. The van der Waals surface area contributed by atoms with Crippen LogP contribution in [0.4, 0.5) is 5.13 Å². The molecule has 18 heavy (non-hydrogen) atoms. The van der Waals surface area contributed by atoms with E-state index < -0.39 is 0 Å². The molecular weight excluding hydrogens is 246 g/mol. The minimum absolute atomic E-state index is 0.158. The third-order valence-electron chi connectivity index (χ3n) is 2.42. The van der Waals surface area contributed by atoms with Crippen LogP contribution in [0.25, 0.3) is 10.3 Å². The molecule has 1 amide bonds. The van der Waals surface area contributed by atoms with Gasteiger partial charge in [0.05, 0.1) is 4.70 Å². The predicted octanol–water partition coefficient (Wildman–Crippen LogP) is 2.94. The van der Waals surface area contributed by atoms with Gasteiger partial charge in [-0.1, -0.05) is 29.5 Å². The maximum Gasteiger partial charge on any atom is 0.257 e. The van der Waals surface area contributed by atoms with Crippen LogP contribution in [0, 0.1) is 0 Å². The van der Waals surface area contributed by atoms with Gasteiger partial charge in [-0.3, -0.25) is 10.1 Å². The molecule has 0 bridgehead atoms. The van der Waals surface area contributed by atoms with Crippen molar-refractivity contribution in [1.82, 2.24) is 9.97 Å². The smallest absolute Gasteiger partial charge is 0.257 e. The monoisotopic (exact) mass is 255 g/mol. The number of carbonyl (C=O) groups is 1. The van der Waals surface area contributed by atoms with E-state index in [4.69, 9.17) is 0 Å². The van der Waals surface area contributed by atoms with Gasteiger partial charge in [0.25, 0.3) is 5.91 Å². The second-order valence-corrected chi connectivity index (χ2v) is 4.69. The number of hydrogen-bond donors (Lipinski definition) is 1. The Labute approximate surface area is 107 Å². The maximum absolute atomic E-state index is 11.9. The summed E-state index contributed by atoms with van der Waals surface area (Å²) < 4.78 is 0.959. The van der Waals surface area contributed by atoms with E-state index in [2.05, 4.69) is 15.3 Å². The quantitative estimate of drug-likeness (QED) is 0.766. The number of nitrogens with zero attached hydrogens (tertiary/aromatic N) is 2. The van der Waals surface area contributed by atoms with Gasteiger partial charge >= 0.3 is 0 Å². The van der Waals surface area contributed by atoms with Gasteiger partial charge in [0, 0.05) is 11.8 Å². The molecule has 0 fully saturated rings. The Kier molecular flexibility index (Phi) is 2.74. The summed E-state index contributed by atoms with van der Waals surface area (Å²) in [6.07, 6.45) is 1.69. The molecule has 0 atom stereocenters. The van der Waals surface area contributed by atoms with Gasteiger partial charge in [-0.05, 0) is 24.3 Å². The van der Waals surface area contributed by atoms with Crippen LogP contribution in [-0.2, 0) is 0 Å². The third-order valence-corrected chi connectivity index (χ3v) is 3.35. The number of aromatic nitrogens is 2. The van der Waals surface area contributed by atoms with Crippen molar-refractivity contribution in [3.63, 3.8) is 0 Å². The second-order valence-electron chi connectivity index (χ2n) is 3.66. The Bertz CT molecular complexity index is 661. The number of thiazole rings is 1. The van der Waals surface area contributed by atoms with Crippen LogP contribution in [0.2, 0.25) is 0 Å². The summed E-state index contributed by atoms with van der Waals surface area (Å²) in [5, 5.41) is 3.34. The number of anilines is 1. The molecule has 0 aliphatic heterocycles. The van der Waals surface area contributed by atoms with E-state index in [-0.39, 0.29) is 5.91 Å². The first-order valence-electron chi connectivity index (χ1n) is 5.41. The van der Waals surface area contributed by atoms with E-state index in [1.54, 1.807) is 18.3 Å². The predicted molar refractivity (Wildman–Crippen MR) is 71.8 cm³/mol. The van der Waals surface area contributed by atoms with Crippen molar-refractivity contribution in [3.8, 4) is 0 Å². The summed E-state index contributed by atoms with van der Waals surface area (Å²) >= 11 is 1.41. The topological polar surface area (TPSA) is 54.9 Å². The molecule has 0 radical (unpaired) electrons. The number of benzene rings is 1. The Morgan fingerprint density at radius 3 is 2.72 bits per heavy atom. The first-order valence-corrected chi connectivity index (χ1v) is 6.22. The molecule has 3 rings (SSSR count). The summed E-state index contributed by atoms with van der Waals surface area (Å²) in [5.41, 5.74) is 1.27. The highest BCUT2D eigenvalue weighted by molar-refractivity contribution is 7.22. The molecule has 4 nitrogen and oxygen atoms in total. The van der Waals surface area contributed by atoms with Crippen LogP contribution in [0.3, 0.4) is 0 Å². The highest BCUT2D eigenvalue weighted by atomic mass is 32.1. The highest BCUT2D eigenvalue weighted by Gasteiger charge is 2.09. The molecule has 0 spiro atoms. The van der Waals surface area contributed by atoms with Gasteiger partial charge in [0.2, 0.25) is 0 Å². The van der Waals surface area contributed by atoms with Crippen LogP contribution in [-0.4, -0.2) is 15.9 Å². The van der Waals surface area contributed by atoms with Crippen LogP contribution in [0.5, 0.6) is 0 Å². The standard InChI is InChI=1S/C13H9N3OS/c17-12(9-5-2-1-3-6-9)16-13-15-11-10(18-13)7-4-8-14-11/h1-8H,(H,14,15,16,17). The molecule has 2 heterocycles. The molecule has 88 valence electrons. The Morgan fingerprint density at radius 2 is 1.94 bits per heavy atom. The van der Waals surface area contributed by atoms with E-state index in [1.807, 2.05) is 30.3 Å². The molecule has 0 unspecified atom stereocenters. The number of carbonyl (C=O) groups excluding carboxylic acids is 1. The largest absolute Gasteiger partial charge is 0.298 e. The minimum atomic E-state index is -0.158.